The summed E-state index contributed by atoms with van der Waals surface area (Å²) in [4.78, 5) is 11.2. The van der Waals surface area contributed by atoms with E-state index >= 15 is 0 Å². The van der Waals surface area contributed by atoms with Crippen molar-refractivity contribution in [3.05, 3.63) is 57.6 Å². The molecule has 0 saturated heterocycles. The van der Waals surface area contributed by atoms with E-state index in [1.807, 2.05) is 31.2 Å². The van der Waals surface area contributed by atoms with Gasteiger partial charge in [0.15, 0.2) is 11.5 Å². The minimum atomic E-state index is -0.465. The first-order valence-corrected chi connectivity index (χ1v) is 8.57. The van der Waals surface area contributed by atoms with E-state index in [0.29, 0.717) is 28.1 Å². The number of hydrogen-bond acceptors (Lipinski definition) is 5. The number of nitrogens with zero attached hydrogens (tertiary/aromatic N) is 2. The number of benzene rings is 2. The van der Waals surface area contributed by atoms with Gasteiger partial charge in [0.2, 0.25) is 0 Å². The molecule has 0 bridgehead atoms. The smallest absolute Gasteiger partial charge is 0.254 e. The number of nitrogens with one attached hydrogen (secondary N) is 1. The maximum Gasteiger partial charge on any atom is 0.254 e. The third-order valence-corrected chi connectivity index (χ3v) is 3.99. The molecule has 2 aromatic rings. The fourth-order valence-corrected chi connectivity index (χ4v) is 2.66. The number of carbonyl (C=O) groups is 1. The van der Waals surface area contributed by atoms with Gasteiger partial charge in [-0.3, -0.25) is 4.79 Å². The minimum absolute atomic E-state index is 0.240. The second-order valence-electron chi connectivity index (χ2n) is 5.44. The van der Waals surface area contributed by atoms with Crippen molar-refractivity contribution in [3.63, 3.8) is 0 Å². The molecule has 0 saturated carbocycles. The molecule has 0 radical (unpaired) electrons. The first-order chi connectivity index (χ1) is 12.5. The molecular formula is C19H18BrN3O3. The molecule has 1 N–H and O–H groups in total. The molecule has 1 amide bonds. The van der Waals surface area contributed by atoms with Gasteiger partial charge < -0.3 is 9.47 Å². The van der Waals surface area contributed by atoms with Crippen LogP contribution in [0.5, 0.6) is 11.5 Å². The fourth-order valence-electron chi connectivity index (χ4n) is 2.08. The van der Waals surface area contributed by atoms with Gasteiger partial charge in [-0.25, -0.2) is 5.43 Å². The molecule has 6 nitrogen and oxygen atoms in total. The Morgan fingerprint density at radius 2 is 2.08 bits per heavy atom. The number of amides is 1. The lowest BCUT2D eigenvalue weighted by Crippen LogP contribution is -2.16. The van der Waals surface area contributed by atoms with Crippen molar-refractivity contribution >= 4 is 28.1 Å². The van der Waals surface area contributed by atoms with Crippen LogP contribution >= 0.6 is 15.9 Å². The summed E-state index contributed by atoms with van der Waals surface area (Å²) in [5.74, 6) is 0.655. The van der Waals surface area contributed by atoms with Gasteiger partial charge in [-0.2, -0.15) is 10.4 Å². The van der Waals surface area contributed by atoms with E-state index in [1.165, 1.54) is 11.8 Å². The predicted octanol–water partition coefficient (Wildman–Crippen LogP) is 3.71. The normalized spacial score (nSPS) is 10.4. The Morgan fingerprint density at radius 1 is 1.35 bits per heavy atom. The van der Waals surface area contributed by atoms with Crippen molar-refractivity contribution in [3.8, 4) is 17.6 Å². The van der Waals surface area contributed by atoms with Crippen molar-refractivity contribution in [2.24, 2.45) is 5.10 Å². The van der Waals surface area contributed by atoms with Crippen LogP contribution in [-0.2, 0) is 11.4 Å². The third-order valence-electron chi connectivity index (χ3n) is 3.40. The van der Waals surface area contributed by atoms with Crippen molar-refractivity contribution in [2.45, 2.75) is 20.0 Å². The van der Waals surface area contributed by atoms with Gasteiger partial charge in [0.05, 0.1) is 23.9 Å². The topological polar surface area (TPSA) is 83.7 Å². The van der Waals surface area contributed by atoms with E-state index in [2.05, 4.69) is 26.5 Å². The molecule has 2 rings (SSSR count). The highest BCUT2D eigenvalue weighted by Gasteiger charge is 2.11. The number of aryl methyl sites for hydroxylation is 1. The SMILES string of the molecule is COc1cc(/C=N\NC(=O)CC#N)cc(Br)c1OCc1ccc(C)cc1. The number of nitriles is 1. The zero-order valence-corrected chi connectivity index (χ0v) is 16.0. The summed E-state index contributed by atoms with van der Waals surface area (Å²) in [6, 6.07) is 13.4. The average Bonchev–Trinajstić information content (AvgIpc) is 2.62. The Labute approximate surface area is 160 Å². The van der Waals surface area contributed by atoms with Crippen LogP contribution in [0.2, 0.25) is 0 Å². The quantitative estimate of drug-likeness (QED) is 0.551. The zero-order valence-electron chi connectivity index (χ0n) is 14.5. The van der Waals surface area contributed by atoms with E-state index < -0.39 is 5.91 Å². The first kappa shape index (κ1) is 19.5. The third kappa shape index (κ3) is 5.60. The monoisotopic (exact) mass is 415 g/mol. The number of methoxy groups -OCH3 is 1. The maximum atomic E-state index is 11.2. The van der Waals surface area contributed by atoms with Crippen molar-refractivity contribution in [2.75, 3.05) is 7.11 Å². The standard InChI is InChI=1S/C19H18BrN3O3/c1-13-3-5-14(6-4-13)12-26-19-16(20)9-15(10-17(19)25-2)11-22-23-18(24)7-8-21/h3-6,9-11H,7,12H2,1-2H3,(H,23,24)/b22-11-. The van der Waals surface area contributed by atoms with Crippen molar-refractivity contribution in [1.82, 2.24) is 5.43 Å². The molecule has 0 spiro atoms. The van der Waals surface area contributed by atoms with Crippen LogP contribution in [0.15, 0.2) is 46.0 Å². The Balaban J connectivity index is 2.10. The van der Waals surface area contributed by atoms with Gasteiger partial charge in [0, 0.05) is 0 Å². The van der Waals surface area contributed by atoms with Crippen LogP contribution in [0.4, 0.5) is 0 Å². The predicted molar refractivity (Wildman–Crippen MR) is 102 cm³/mol. The van der Waals surface area contributed by atoms with Crippen LogP contribution in [0.3, 0.4) is 0 Å². The number of hydrogen-bond donors (Lipinski definition) is 1. The molecule has 0 heterocycles. The van der Waals surface area contributed by atoms with E-state index in [-0.39, 0.29) is 6.42 Å². The van der Waals surface area contributed by atoms with Crippen LogP contribution < -0.4 is 14.9 Å². The molecule has 0 aliphatic rings. The Hall–Kier alpha value is -2.85. The van der Waals surface area contributed by atoms with Gasteiger partial charge >= 0.3 is 0 Å². The van der Waals surface area contributed by atoms with Gasteiger partial charge in [0.1, 0.15) is 13.0 Å². The second-order valence-corrected chi connectivity index (χ2v) is 6.29. The van der Waals surface area contributed by atoms with Crippen LogP contribution in [-0.4, -0.2) is 19.2 Å². The van der Waals surface area contributed by atoms with Crippen LogP contribution in [0.25, 0.3) is 0 Å². The number of hydrazone groups is 1. The molecule has 0 unspecified atom stereocenters. The van der Waals surface area contributed by atoms with Crippen LogP contribution in [0.1, 0.15) is 23.1 Å². The average molecular weight is 416 g/mol. The Kier molecular flexibility index (Phi) is 7.18. The van der Waals surface area contributed by atoms with Crippen molar-refractivity contribution in [1.29, 1.82) is 5.26 Å². The molecule has 2 aromatic carbocycles. The fraction of sp³-hybridized carbons (Fsp3) is 0.211. The highest BCUT2D eigenvalue weighted by molar-refractivity contribution is 9.10. The zero-order chi connectivity index (χ0) is 18.9. The number of ether oxygens (including phenoxy) is 2. The van der Waals surface area contributed by atoms with Crippen LogP contribution in [0, 0.1) is 18.3 Å². The lowest BCUT2D eigenvalue weighted by Gasteiger charge is -2.13. The number of carbonyl (C=O) groups excluding carboxylic acids is 1. The number of halogens is 1. The lowest BCUT2D eigenvalue weighted by atomic mass is 10.2. The lowest BCUT2D eigenvalue weighted by molar-refractivity contribution is -0.120. The molecule has 26 heavy (non-hydrogen) atoms. The van der Waals surface area contributed by atoms with Gasteiger partial charge in [-0.1, -0.05) is 29.8 Å². The summed E-state index contributed by atoms with van der Waals surface area (Å²) in [6.07, 6.45) is 1.22. The molecular weight excluding hydrogens is 398 g/mol. The van der Waals surface area contributed by atoms with Gasteiger partial charge in [-0.15, -0.1) is 0 Å². The molecule has 0 aromatic heterocycles. The van der Waals surface area contributed by atoms with E-state index in [4.69, 9.17) is 14.7 Å². The summed E-state index contributed by atoms with van der Waals surface area (Å²) in [7, 11) is 1.55. The van der Waals surface area contributed by atoms with E-state index in [9.17, 15) is 4.79 Å². The molecule has 0 fully saturated rings. The minimum Gasteiger partial charge on any atom is -0.493 e. The summed E-state index contributed by atoms with van der Waals surface area (Å²) in [6.45, 7) is 2.44. The molecule has 0 atom stereocenters. The van der Waals surface area contributed by atoms with Gasteiger partial charge in [-0.05, 0) is 46.1 Å². The maximum absolute atomic E-state index is 11.2. The summed E-state index contributed by atoms with van der Waals surface area (Å²) < 4.78 is 12.0. The van der Waals surface area contributed by atoms with E-state index in [1.54, 1.807) is 25.3 Å². The summed E-state index contributed by atoms with van der Waals surface area (Å²) in [5.41, 5.74) is 5.22. The molecule has 0 aliphatic heterocycles. The van der Waals surface area contributed by atoms with E-state index in [0.717, 1.165) is 5.56 Å². The molecule has 7 heteroatoms. The summed E-state index contributed by atoms with van der Waals surface area (Å²) in [5, 5.41) is 12.3. The highest BCUT2D eigenvalue weighted by atomic mass is 79.9. The van der Waals surface area contributed by atoms with Crippen molar-refractivity contribution < 1.29 is 14.3 Å². The highest BCUT2D eigenvalue weighted by Crippen LogP contribution is 2.36. The molecule has 134 valence electrons. The first-order valence-electron chi connectivity index (χ1n) is 7.78. The largest absolute Gasteiger partial charge is 0.493 e. The summed E-state index contributed by atoms with van der Waals surface area (Å²) >= 11 is 3.47. The van der Waals surface area contributed by atoms with Gasteiger partial charge in [0.25, 0.3) is 5.91 Å². The molecule has 0 aliphatic carbocycles. The number of rotatable bonds is 7. The Bertz CT molecular complexity index is 842. The Morgan fingerprint density at radius 3 is 2.73 bits per heavy atom. The second kappa shape index (κ2) is 9.59.